The smallest absolute Gasteiger partial charge is 0.336 e. The first-order chi connectivity index (χ1) is 14.3. The maximum atomic E-state index is 13.3. The second-order valence-corrected chi connectivity index (χ2v) is 8.59. The molecule has 0 aromatic heterocycles. The predicted octanol–water partition coefficient (Wildman–Crippen LogP) is 4.47. The number of allylic oxidation sites excluding steroid dienone is 1. The standard InChI is InChI=1S/C24H31NO5/c1-7-15-22(23(27)30-8-2)20(14-9-10-18(28-5)19(11-14)29-6)21-16(25-15)12-24(3,4)13-17(21)26/h9-11,20-21H,7-8,12-13H2,1-6H3. The zero-order valence-corrected chi connectivity index (χ0v) is 18.7. The highest BCUT2D eigenvalue weighted by atomic mass is 16.5. The average Bonchev–Trinajstić information content (AvgIpc) is 2.70. The fourth-order valence-corrected chi connectivity index (χ4v) is 4.63. The number of ketones is 1. The number of benzene rings is 1. The average molecular weight is 414 g/mol. The number of hydrogen-bond acceptors (Lipinski definition) is 6. The van der Waals surface area contributed by atoms with Crippen LogP contribution < -0.4 is 9.47 Å². The highest BCUT2D eigenvalue weighted by Crippen LogP contribution is 2.48. The van der Waals surface area contributed by atoms with E-state index in [0.29, 0.717) is 35.6 Å². The van der Waals surface area contributed by atoms with Gasteiger partial charge in [0.1, 0.15) is 5.78 Å². The molecule has 1 aliphatic carbocycles. The van der Waals surface area contributed by atoms with E-state index in [9.17, 15) is 9.59 Å². The van der Waals surface area contributed by atoms with E-state index in [-0.39, 0.29) is 17.8 Å². The lowest BCUT2D eigenvalue weighted by atomic mass is 9.63. The predicted molar refractivity (Wildman–Crippen MR) is 115 cm³/mol. The number of carbonyl (C=O) groups is 2. The monoisotopic (exact) mass is 413 g/mol. The van der Waals surface area contributed by atoms with Crippen LogP contribution in [0.5, 0.6) is 11.5 Å². The molecule has 0 amide bonds. The van der Waals surface area contributed by atoms with E-state index in [2.05, 4.69) is 13.8 Å². The van der Waals surface area contributed by atoms with Gasteiger partial charge in [0.25, 0.3) is 0 Å². The SMILES string of the molecule is CCOC(=O)C1=C(CC)N=C2CC(C)(C)CC(=O)C2C1c1ccc(OC)c(OC)c1. The molecule has 2 atom stereocenters. The van der Waals surface area contributed by atoms with Crippen LogP contribution in [0.4, 0.5) is 0 Å². The second kappa shape index (κ2) is 8.62. The van der Waals surface area contributed by atoms with E-state index in [4.69, 9.17) is 19.2 Å². The van der Waals surface area contributed by atoms with Crippen molar-refractivity contribution >= 4 is 17.5 Å². The maximum Gasteiger partial charge on any atom is 0.336 e. The highest BCUT2D eigenvalue weighted by molar-refractivity contribution is 6.12. The summed E-state index contributed by atoms with van der Waals surface area (Å²) in [6, 6.07) is 5.56. The molecule has 0 radical (unpaired) electrons. The van der Waals surface area contributed by atoms with Crippen molar-refractivity contribution in [2.75, 3.05) is 20.8 Å². The number of aliphatic imine (C=N–C) groups is 1. The van der Waals surface area contributed by atoms with Crippen molar-refractivity contribution in [1.82, 2.24) is 0 Å². The molecule has 1 fully saturated rings. The number of esters is 1. The highest BCUT2D eigenvalue weighted by Gasteiger charge is 2.48. The van der Waals surface area contributed by atoms with Crippen molar-refractivity contribution in [3.8, 4) is 11.5 Å². The van der Waals surface area contributed by atoms with E-state index >= 15 is 0 Å². The number of nitrogens with zero attached hydrogens (tertiary/aromatic N) is 1. The normalized spacial score (nSPS) is 22.9. The zero-order chi connectivity index (χ0) is 22.1. The molecule has 1 aromatic carbocycles. The Kier molecular flexibility index (Phi) is 6.34. The van der Waals surface area contributed by atoms with Crippen LogP contribution in [0.15, 0.2) is 34.5 Å². The van der Waals surface area contributed by atoms with Crippen LogP contribution in [0.3, 0.4) is 0 Å². The van der Waals surface area contributed by atoms with Crippen molar-refractivity contribution in [3.63, 3.8) is 0 Å². The minimum atomic E-state index is -0.467. The zero-order valence-electron chi connectivity index (χ0n) is 18.7. The summed E-state index contributed by atoms with van der Waals surface area (Å²) < 4.78 is 16.2. The summed E-state index contributed by atoms with van der Waals surface area (Å²) in [5.41, 5.74) is 2.72. The fourth-order valence-electron chi connectivity index (χ4n) is 4.63. The first-order valence-electron chi connectivity index (χ1n) is 10.5. The van der Waals surface area contributed by atoms with Crippen LogP contribution in [-0.2, 0) is 14.3 Å². The fraction of sp³-hybridized carbons (Fsp3) is 0.542. The van der Waals surface area contributed by atoms with Crippen LogP contribution in [0.2, 0.25) is 0 Å². The summed E-state index contributed by atoms with van der Waals surface area (Å²) in [7, 11) is 3.15. The number of ether oxygens (including phenoxy) is 3. The minimum absolute atomic E-state index is 0.113. The van der Waals surface area contributed by atoms with Crippen molar-refractivity contribution in [1.29, 1.82) is 0 Å². The lowest BCUT2D eigenvalue weighted by Crippen LogP contribution is -2.44. The molecule has 6 heteroatoms. The second-order valence-electron chi connectivity index (χ2n) is 8.59. The van der Waals surface area contributed by atoms with Crippen molar-refractivity contribution < 1.29 is 23.8 Å². The van der Waals surface area contributed by atoms with Gasteiger partial charge < -0.3 is 14.2 Å². The molecular weight excluding hydrogens is 382 g/mol. The number of fused-ring (bicyclic) bond motifs is 1. The molecule has 0 saturated heterocycles. The summed E-state index contributed by atoms with van der Waals surface area (Å²) >= 11 is 0. The van der Waals surface area contributed by atoms with Crippen LogP contribution in [-0.4, -0.2) is 38.3 Å². The molecule has 0 spiro atoms. The molecule has 1 saturated carbocycles. The van der Waals surface area contributed by atoms with Gasteiger partial charge >= 0.3 is 5.97 Å². The lowest BCUT2D eigenvalue weighted by Gasteiger charge is -2.41. The Morgan fingerprint density at radius 3 is 2.40 bits per heavy atom. The van der Waals surface area contributed by atoms with Crippen LogP contribution in [0.1, 0.15) is 58.4 Å². The molecule has 6 nitrogen and oxygen atoms in total. The van der Waals surface area contributed by atoms with Crippen LogP contribution in [0, 0.1) is 11.3 Å². The third-order valence-electron chi connectivity index (χ3n) is 5.85. The first kappa shape index (κ1) is 22.1. The summed E-state index contributed by atoms with van der Waals surface area (Å²) in [4.78, 5) is 31.2. The van der Waals surface area contributed by atoms with E-state index in [1.165, 1.54) is 0 Å². The molecule has 1 aromatic rings. The molecule has 30 heavy (non-hydrogen) atoms. The van der Waals surface area contributed by atoms with E-state index in [1.54, 1.807) is 21.1 Å². The van der Waals surface area contributed by atoms with Gasteiger partial charge in [-0.3, -0.25) is 9.79 Å². The van der Waals surface area contributed by atoms with Crippen molar-refractivity contribution in [3.05, 3.63) is 35.0 Å². The van der Waals surface area contributed by atoms with E-state index < -0.39 is 17.8 Å². The van der Waals surface area contributed by atoms with Gasteiger partial charge in [0, 0.05) is 18.1 Å². The topological polar surface area (TPSA) is 74.2 Å². The maximum absolute atomic E-state index is 13.3. The van der Waals surface area contributed by atoms with E-state index in [0.717, 1.165) is 17.7 Å². The van der Waals surface area contributed by atoms with Gasteiger partial charge in [0.05, 0.1) is 38.0 Å². The largest absolute Gasteiger partial charge is 0.493 e. The van der Waals surface area contributed by atoms with Crippen LogP contribution >= 0.6 is 0 Å². The third kappa shape index (κ3) is 4.00. The van der Waals surface area contributed by atoms with Gasteiger partial charge in [-0.05, 0) is 42.9 Å². The number of rotatable bonds is 6. The third-order valence-corrected chi connectivity index (χ3v) is 5.85. The van der Waals surface area contributed by atoms with Gasteiger partial charge in [-0.15, -0.1) is 0 Å². The molecule has 2 unspecified atom stereocenters. The van der Waals surface area contributed by atoms with Gasteiger partial charge in [0.2, 0.25) is 0 Å². The summed E-state index contributed by atoms with van der Waals surface area (Å²) in [5, 5.41) is 0. The van der Waals surface area contributed by atoms with Gasteiger partial charge in [-0.1, -0.05) is 26.8 Å². The Hall–Kier alpha value is -2.63. The number of carbonyl (C=O) groups excluding carboxylic acids is 2. The first-order valence-corrected chi connectivity index (χ1v) is 10.5. The Bertz CT molecular complexity index is 912. The van der Waals surface area contributed by atoms with E-state index in [1.807, 2.05) is 25.1 Å². The molecular formula is C24H31NO5. The summed E-state index contributed by atoms with van der Waals surface area (Å²) in [6.07, 6.45) is 1.77. The molecule has 162 valence electrons. The molecule has 0 N–H and O–H groups in total. The van der Waals surface area contributed by atoms with Crippen LogP contribution in [0.25, 0.3) is 0 Å². The molecule has 1 heterocycles. The Balaban J connectivity index is 2.22. The number of Topliss-reactive ketones (excluding diaryl/α,β-unsaturated/α-hetero) is 1. The van der Waals surface area contributed by atoms with Gasteiger partial charge in [-0.25, -0.2) is 4.79 Å². The Labute approximate surface area is 178 Å². The van der Waals surface area contributed by atoms with Crippen molar-refractivity contribution in [2.24, 2.45) is 16.3 Å². The summed E-state index contributed by atoms with van der Waals surface area (Å²) in [5.74, 6) is -0.0552. The quantitative estimate of drug-likeness (QED) is 0.643. The Morgan fingerprint density at radius 1 is 1.10 bits per heavy atom. The summed E-state index contributed by atoms with van der Waals surface area (Å²) in [6.45, 7) is 8.19. The number of hydrogen-bond donors (Lipinski definition) is 0. The lowest BCUT2D eigenvalue weighted by molar-refractivity contribution is -0.139. The molecule has 3 rings (SSSR count). The minimum Gasteiger partial charge on any atom is -0.493 e. The van der Waals surface area contributed by atoms with Crippen molar-refractivity contribution in [2.45, 2.75) is 52.9 Å². The molecule has 0 bridgehead atoms. The molecule has 2 aliphatic rings. The van der Waals surface area contributed by atoms with Gasteiger partial charge in [0.15, 0.2) is 11.5 Å². The van der Waals surface area contributed by atoms with Gasteiger partial charge in [-0.2, -0.15) is 0 Å². The molecule has 1 aliphatic heterocycles. The Morgan fingerprint density at radius 2 is 1.80 bits per heavy atom. The number of methoxy groups -OCH3 is 2.